The molecule has 2 aromatic rings. The number of aromatic nitrogens is 1. The Hall–Kier alpha value is -1.07. The fourth-order valence-electron chi connectivity index (χ4n) is 3.08. The predicted molar refractivity (Wildman–Crippen MR) is 98.9 cm³/mol. The average molecular weight is 377 g/mol. The van der Waals surface area contributed by atoms with Crippen LogP contribution in [0.1, 0.15) is 29.6 Å². The quantitative estimate of drug-likeness (QED) is 0.860. The zero-order chi connectivity index (χ0) is 14.8. The lowest BCUT2D eigenvalue weighted by molar-refractivity contribution is 0.0930. The smallest absolute Gasteiger partial charge is 0.253 e. The molecule has 1 aliphatic rings. The molecular weight excluding hydrogens is 357 g/mol. The van der Waals surface area contributed by atoms with Crippen LogP contribution >= 0.6 is 36.4 Å². The molecule has 1 aliphatic carbocycles. The van der Waals surface area contributed by atoms with E-state index < -0.39 is 0 Å². The summed E-state index contributed by atoms with van der Waals surface area (Å²) in [5, 5.41) is 4.51. The van der Waals surface area contributed by atoms with Crippen LogP contribution in [0.2, 0.25) is 5.02 Å². The second-order valence-corrected chi connectivity index (χ2v) is 5.97. The number of amides is 1. The number of hydrogen-bond acceptors (Lipinski definition) is 3. The van der Waals surface area contributed by atoms with Crippen molar-refractivity contribution in [3.05, 3.63) is 41.0 Å². The zero-order valence-corrected chi connectivity index (χ0v) is 14.9. The lowest BCUT2D eigenvalue weighted by Gasteiger charge is -2.19. The number of halogens is 3. The van der Waals surface area contributed by atoms with Gasteiger partial charge in [0.15, 0.2) is 0 Å². The first-order valence-corrected chi connectivity index (χ1v) is 7.62. The van der Waals surface area contributed by atoms with Crippen LogP contribution in [0.5, 0.6) is 0 Å². The van der Waals surface area contributed by atoms with Crippen LogP contribution in [0.4, 0.5) is 0 Å². The molecule has 1 amide bonds. The third-order valence-electron chi connectivity index (χ3n) is 4.19. The van der Waals surface area contributed by atoms with Gasteiger partial charge in [0.1, 0.15) is 0 Å². The molecule has 4 nitrogen and oxygen atoms in total. The van der Waals surface area contributed by atoms with E-state index in [2.05, 4.69) is 10.3 Å². The van der Waals surface area contributed by atoms with Gasteiger partial charge in [0.05, 0.1) is 11.1 Å². The summed E-state index contributed by atoms with van der Waals surface area (Å²) < 4.78 is 0. The van der Waals surface area contributed by atoms with E-state index in [9.17, 15) is 4.79 Å². The second kappa shape index (κ2) is 8.69. The van der Waals surface area contributed by atoms with Crippen LogP contribution in [0.3, 0.4) is 0 Å². The first kappa shape index (κ1) is 20.0. The molecule has 1 heterocycles. The van der Waals surface area contributed by atoms with Crippen molar-refractivity contribution in [3.63, 3.8) is 0 Å². The number of benzene rings is 1. The van der Waals surface area contributed by atoms with Crippen molar-refractivity contribution in [3.8, 4) is 0 Å². The summed E-state index contributed by atoms with van der Waals surface area (Å²) in [6.07, 6.45) is 4.86. The van der Waals surface area contributed by atoms with Gasteiger partial charge in [-0.15, -0.1) is 24.8 Å². The highest BCUT2D eigenvalue weighted by atomic mass is 35.5. The zero-order valence-electron chi connectivity index (χ0n) is 12.5. The second-order valence-electron chi connectivity index (χ2n) is 5.54. The van der Waals surface area contributed by atoms with Crippen LogP contribution in [0, 0.1) is 5.92 Å². The van der Waals surface area contributed by atoms with Crippen molar-refractivity contribution in [1.82, 2.24) is 10.3 Å². The molecule has 2 atom stereocenters. The van der Waals surface area contributed by atoms with Crippen LogP contribution in [-0.4, -0.2) is 23.5 Å². The van der Waals surface area contributed by atoms with E-state index in [4.69, 9.17) is 17.3 Å². The highest BCUT2D eigenvalue weighted by Gasteiger charge is 2.28. The fourth-order valence-corrected chi connectivity index (χ4v) is 3.31. The first-order valence-electron chi connectivity index (χ1n) is 7.24. The molecule has 0 saturated heterocycles. The Balaban J connectivity index is 0.00000132. The standard InChI is InChI=1S/C16H18ClN3O.2ClH/c17-12-7-10-4-2-6-19-15(10)13(8-12)16(21)20-14-5-1-3-11(14)9-18;;/h2,4,6-8,11,14H,1,3,5,9,18H2,(H,20,21);2*1H. The van der Waals surface area contributed by atoms with Crippen LogP contribution in [-0.2, 0) is 0 Å². The summed E-state index contributed by atoms with van der Waals surface area (Å²) in [6, 6.07) is 7.39. The van der Waals surface area contributed by atoms with Crippen molar-refractivity contribution in [2.75, 3.05) is 6.54 Å². The number of fused-ring (bicyclic) bond motifs is 1. The van der Waals surface area contributed by atoms with Crippen LogP contribution in [0.15, 0.2) is 30.5 Å². The molecule has 1 fully saturated rings. The van der Waals surface area contributed by atoms with Gasteiger partial charge >= 0.3 is 0 Å². The Morgan fingerprint density at radius 2 is 2.13 bits per heavy atom. The minimum Gasteiger partial charge on any atom is -0.349 e. The Bertz CT molecular complexity index is 681. The Kier molecular flexibility index (Phi) is 7.55. The van der Waals surface area contributed by atoms with Gasteiger partial charge in [-0.2, -0.15) is 0 Å². The molecule has 1 aromatic heterocycles. The average Bonchev–Trinajstić information content (AvgIpc) is 2.93. The summed E-state index contributed by atoms with van der Waals surface area (Å²) in [7, 11) is 0. The van der Waals surface area contributed by atoms with Crippen molar-refractivity contribution < 1.29 is 4.79 Å². The van der Waals surface area contributed by atoms with E-state index in [0.717, 1.165) is 24.6 Å². The lowest BCUT2D eigenvalue weighted by atomic mass is 10.0. The molecule has 3 rings (SSSR count). The molecule has 1 aromatic carbocycles. The van der Waals surface area contributed by atoms with Gasteiger partial charge < -0.3 is 11.1 Å². The van der Waals surface area contributed by atoms with Gasteiger partial charge in [0.2, 0.25) is 0 Å². The summed E-state index contributed by atoms with van der Waals surface area (Å²) in [4.78, 5) is 16.9. The van der Waals surface area contributed by atoms with E-state index in [1.807, 2.05) is 18.2 Å². The monoisotopic (exact) mass is 375 g/mol. The first-order chi connectivity index (χ1) is 10.2. The number of rotatable bonds is 3. The topological polar surface area (TPSA) is 68.0 Å². The van der Waals surface area contributed by atoms with Gasteiger partial charge in [-0.1, -0.05) is 24.1 Å². The summed E-state index contributed by atoms with van der Waals surface area (Å²) in [5.74, 6) is 0.249. The Morgan fingerprint density at radius 3 is 2.87 bits per heavy atom. The third-order valence-corrected chi connectivity index (χ3v) is 4.41. The molecule has 7 heteroatoms. The Labute approximate surface area is 153 Å². The highest BCUT2D eigenvalue weighted by Crippen LogP contribution is 2.26. The normalized spacial score (nSPS) is 19.7. The fraction of sp³-hybridized carbons (Fsp3) is 0.375. The maximum absolute atomic E-state index is 12.6. The number of carbonyl (C=O) groups is 1. The van der Waals surface area contributed by atoms with Gasteiger partial charge in [-0.3, -0.25) is 9.78 Å². The predicted octanol–water partition coefficient (Wildman–Crippen LogP) is 3.59. The van der Waals surface area contributed by atoms with E-state index in [0.29, 0.717) is 28.6 Å². The summed E-state index contributed by atoms with van der Waals surface area (Å²) in [5.41, 5.74) is 6.98. The van der Waals surface area contributed by atoms with Crippen LogP contribution in [0.25, 0.3) is 10.9 Å². The number of hydrogen-bond donors (Lipinski definition) is 2. The molecule has 1 saturated carbocycles. The van der Waals surface area contributed by atoms with E-state index >= 15 is 0 Å². The van der Waals surface area contributed by atoms with Crippen LogP contribution < -0.4 is 11.1 Å². The lowest BCUT2D eigenvalue weighted by Crippen LogP contribution is -2.40. The largest absolute Gasteiger partial charge is 0.349 e. The number of pyridine rings is 1. The maximum Gasteiger partial charge on any atom is 0.253 e. The molecule has 0 aliphatic heterocycles. The number of nitrogens with one attached hydrogen (secondary N) is 1. The van der Waals surface area contributed by atoms with Crippen molar-refractivity contribution in [2.45, 2.75) is 25.3 Å². The highest BCUT2D eigenvalue weighted by molar-refractivity contribution is 6.32. The molecule has 23 heavy (non-hydrogen) atoms. The number of nitrogens with two attached hydrogens (primary N) is 1. The minimum absolute atomic E-state index is 0. The van der Waals surface area contributed by atoms with Gasteiger partial charge in [-0.25, -0.2) is 0 Å². The van der Waals surface area contributed by atoms with Crippen molar-refractivity contribution in [1.29, 1.82) is 0 Å². The molecule has 0 bridgehead atoms. The maximum atomic E-state index is 12.6. The Morgan fingerprint density at radius 1 is 1.35 bits per heavy atom. The van der Waals surface area contributed by atoms with Gasteiger partial charge in [0, 0.05) is 22.6 Å². The third kappa shape index (κ3) is 4.27. The molecule has 0 radical (unpaired) electrons. The molecule has 0 spiro atoms. The van der Waals surface area contributed by atoms with E-state index in [-0.39, 0.29) is 36.8 Å². The van der Waals surface area contributed by atoms with Gasteiger partial charge in [-0.05, 0) is 43.5 Å². The van der Waals surface area contributed by atoms with Crippen molar-refractivity contribution >= 4 is 53.2 Å². The molecule has 2 unspecified atom stereocenters. The summed E-state index contributed by atoms with van der Waals surface area (Å²) >= 11 is 6.11. The summed E-state index contributed by atoms with van der Waals surface area (Å²) in [6.45, 7) is 0.611. The molecular formula is C16H20Cl3N3O. The molecule has 3 N–H and O–H groups in total. The number of carbonyl (C=O) groups excluding carboxylic acids is 1. The number of nitrogens with zero attached hydrogens (tertiary/aromatic N) is 1. The SMILES string of the molecule is Cl.Cl.NCC1CCCC1NC(=O)c1cc(Cl)cc2cccnc12. The molecule has 126 valence electrons. The van der Waals surface area contributed by atoms with E-state index in [1.54, 1.807) is 12.3 Å². The minimum atomic E-state index is -0.119. The van der Waals surface area contributed by atoms with E-state index in [1.165, 1.54) is 0 Å². The van der Waals surface area contributed by atoms with Crippen molar-refractivity contribution in [2.24, 2.45) is 11.7 Å². The van der Waals surface area contributed by atoms with Gasteiger partial charge in [0.25, 0.3) is 5.91 Å².